The first-order chi connectivity index (χ1) is 7.72. The van der Waals surface area contributed by atoms with E-state index in [0.29, 0.717) is 18.2 Å². The van der Waals surface area contributed by atoms with Crippen molar-refractivity contribution in [2.24, 2.45) is 0 Å². The van der Waals surface area contributed by atoms with Crippen LogP contribution in [0.1, 0.15) is 42.7 Å². The first-order valence-corrected chi connectivity index (χ1v) is 6.93. The minimum absolute atomic E-state index is 0.405. The van der Waals surface area contributed by atoms with Gasteiger partial charge in [-0.3, -0.25) is 0 Å². The third-order valence-electron chi connectivity index (χ3n) is 3.51. The molecule has 0 bridgehead atoms. The van der Waals surface area contributed by atoms with Crippen LogP contribution >= 0.6 is 11.3 Å². The fraction of sp³-hybridized carbons (Fsp3) is 0.692. The quantitative estimate of drug-likeness (QED) is 0.870. The van der Waals surface area contributed by atoms with Crippen LogP contribution in [-0.2, 0) is 4.74 Å². The van der Waals surface area contributed by atoms with Crippen LogP contribution in [0.25, 0.3) is 0 Å². The van der Waals surface area contributed by atoms with Crippen molar-refractivity contribution in [2.75, 3.05) is 7.11 Å². The van der Waals surface area contributed by atoms with Crippen LogP contribution in [0, 0.1) is 6.92 Å². The number of ether oxygens (including phenoxy) is 1. The van der Waals surface area contributed by atoms with E-state index in [0.717, 1.165) is 0 Å². The third-order valence-corrected chi connectivity index (χ3v) is 4.72. The molecule has 1 aromatic rings. The highest BCUT2D eigenvalue weighted by Gasteiger charge is 2.28. The summed E-state index contributed by atoms with van der Waals surface area (Å²) < 4.78 is 5.51. The molecule has 3 heteroatoms. The molecule has 1 heterocycles. The first kappa shape index (κ1) is 12.1. The summed E-state index contributed by atoms with van der Waals surface area (Å²) in [5, 5.41) is 5.88. The van der Waals surface area contributed by atoms with Crippen LogP contribution in [0.4, 0.5) is 0 Å². The first-order valence-electron chi connectivity index (χ1n) is 6.05. The molecule has 0 spiro atoms. The van der Waals surface area contributed by atoms with Crippen LogP contribution in [0.5, 0.6) is 0 Å². The Balaban J connectivity index is 1.97. The fourth-order valence-electron chi connectivity index (χ4n) is 2.62. The maximum absolute atomic E-state index is 5.51. The van der Waals surface area contributed by atoms with Crippen LogP contribution in [0.3, 0.4) is 0 Å². The van der Waals surface area contributed by atoms with Gasteiger partial charge in [0.15, 0.2) is 0 Å². The van der Waals surface area contributed by atoms with E-state index in [1.54, 1.807) is 0 Å². The minimum atomic E-state index is 0.405. The summed E-state index contributed by atoms with van der Waals surface area (Å²) in [6, 6.07) is 3.17. The molecule has 3 atom stereocenters. The molecule has 1 aliphatic carbocycles. The second kappa shape index (κ2) is 5.30. The lowest BCUT2D eigenvalue weighted by Crippen LogP contribution is -2.38. The Labute approximate surface area is 102 Å². The number of methoxy groups -OCH3 is 1. The Morgan fingerprint density at radius 2 is 2.31 bits per heavy atom. The standard InChI is InChI=1S/C13H21NOS/c1-9-7-8-16-13(9)10(2)14-11-5-4-6-12(11)15-3/h7-8,10-12,14H,4-6H2,1-3H3. The van der Waals surface area contributed by atoms with E-state index < -0.39 is 0 Å². The minimum Gasteiger partial charge on any atom is -0.380 e. The van der Waals surface area contributed by atoms with Gasteiger partial charge in [-0.2, -0.15) is 0 Å². The van der Waals surface area contributed by atoms with Crippen molar-refractivity contribution in [1.82, 2.24) is 5.32 Å². The third kappa shape index (κ3) is 2.47. The van der Waals surface area contributed by atoms with E-state index in [1.165, 1.54) is 29.7 Å². The van der Waals surface area contributed by atoms with Crippen molar-refractivity contribution >= 4 is 11.3 Å². The summed E-state index contributed by atoms with van der Waals surface area (Å²) in [6.07, 6.45) is 4.13. The largest absolute Gasteiger partial charge is 0.380 e. The van der Waals surface area contributed by atoms with E-state index in [2.05, 4.69) is 30.6 Å². The monoisotopic (exact) mass is 239 g/mol. The normalized spacial score (nSPS) is 27.2. The Bertz CT molecular complexity index is 336. The summed E-state index contributed by atoms with van der Waals surface area (Å²) in [5.41, 5.74) is 1.40. The van der Waals surface area contributed by atoms with Gasteiger partial charge in [-0.15, -0.1) is 11.3 Å². The van der Waals surface area contributed by atoms with Crippen LogP contribution < -0.4 is 5.32 Å². The molecule has 1 N–H and O–H groups in total. The summed E-state index contributed by atoms with van der Waals surface area (Å²) in [4.78, 5) is 1.46. The summed E-state index contributed by atoms with van der Waals surface area (Å²) in [7, 11) is 1.83. The summed E-state index contributed by atoms with van der Waals surface area (Å²) in [5.74, 6) is 0. The smallest absolute Gasteiger partial charge is 0.0724 e. The van der Waals surface area contributed by atoms with Crippen molar-refractivity contribution in [2.45, 2.75) is 51.3 Å². The van der Waals surface area contributed by atoms with Gasteiger partial charge in [-0.05, 0) is 50.1 Å². The highest BCUT2D eigenvalue weighted by Crippen LogP contribution is 2.28. The average molecular weight is 239 g/mol. The Morgan fingerprint density at radius 1 is 1.50 bits per heavy atom. The predicted octanol–water partition coefficient (Wildman–Crippen LogP) is 3.27. The van der Waals surface area contributed by atoms with Gasteiger partial charge in [0.05, 0.1) is 6.10 Å². The molecule has 0 aliphatic heterocycles. The zero-order valence-corrected chi connectivity index (χ0v) is 11.1. The van der Waals surface area contributed by atoms with E-state index in [9.17, 15) is 0 Å². The molecule has 2 nitrogen and oxygen atoms in total. The Morgan fingerprint density at radius 3 is 2.94 bits per heavy atom. The molecule has 1 aromatic heterocycles. The second-order valence-corrected chi connectivity index (χ2v) is 5.62. The number of hydrogen-bond acceptors (Lipinski definition) is 3. The highest BCUT2D eigenvalue weighted by atomic mass is 32.1. The van der Waals surface area contributed by atoms with Crippen molar-refractivity contribution in [3.05, 3.63) is 21.9 Å². The molecule has 2 rings (SSSR count). The molecule has 0 aromatic carbocycles. The predicted molar refractivity (Wildman–Crippen MR) is 69.0 cm³/mol. The Hall–Kier alpha value is -0.380. The van der Waals surface area contributed by atoms with Gasteiger partial charge < -0.3 is 10.1 Å². The number of hydrogen-bond donors (Lipinski definition) is 1. The van der Waals surface area contributed by atoms with Gasteiger partial charge in [-0.1, -0.05) is 0 Å². The van der Waals surface area contributed by atoms with Crippen molar-refractivity contribution < 1.29 is 4.74 Å². The molecule has 0 saturated heterocycles. The van der Waals surface area contributed by atoms with Crippen molar-refractivity contribution in [3.8, 4) is 0 Å². The molecule has 0 radical (unpaired) electrons. The molecule has 1 fully saturated rings. The van der Waals surface area contributed by atoms with Crippen LogP contribution in [0.2, 0.25) is 0 Å². The zero-order valence-electron chi connectivity index (χ0n) is 10.3. The topological polar surface area (TPSA) is 21.3 Å². The molecular weight excluding hydrogens is 218 g/mol. The number of aryl methyl sites for hydroxylation is 1. The summed E-state index contributed by atoms with van der Waals surface area (Å²) in [6.45, 7) is 4.44. The van der Waals surface area contributed by atoms with E-state index >= 15 is 0 Å². The molecule has 3 unspecified atom stereocenters. The lowest BCUT2D eigenvalue weighted by Gasteiger charge is -2.24. The number of rotatable bonds is 4. The fourth-order valence-corrected chi connectivity index (χ4v) is 3.57. The van der Waals surface area contributed by atoms with Gasteiger partial charge in [0.25, 0.3) is 0 Å². The molecule has 90 valence electrons. The number of nitrogens with one attached hydrogen (secondary N) is 1. The van der Waals surface area contributed by atoms with Gasteiger partial charge in [0, 0.05) is 24.1 Å². The molecule has 1 aliphatic rings. The second-order valence-electron chi connectivity index (χ2n) is 4.67. The molecule has 16 heavy (non-hydrogen) atoms. The average Bonchev–Trinajstić information content (AvgIpc) is 2.86. The SMILES string of the molecule is COC1CCCC1NC(C)c1sccc1C. The van der Waals surface area contributed by atoms with Gasteiger partial charge in [0.1, 0.15) is 0 Å². The van der Waals surface area contributed by atoms with Crippen molar-refractivity contribution in [1.29, 1.82) is 0 Å². The number of thiophene rings is 1. The Kier molecular flexibility index (Phi) is 4.00. The zero-order chi connectivity index (χ0) is 11.5. The van der Waals surface area contributed by atoms with Crippen LogP contribution in [-0.4, -0.2) is 19.3 Å². The molecule has 0 amide bonds. The lowest BCUT2D eigenvalue weighted by molar-refractivity contribution is 0.0821. The van der Waals surface area contributed by atoms with Gasteiger partial charge in [0.2, 0.25) is 0 Å². The van der Waals surface area contributed by atoms with Crippen LogP contribution in [0.15, 0.2) is 11.4 Å². The van der Waals surface area contributed by atoms with E-state index in [4.69, 9.17) is 4.74 Å². The highest BCUT2D eigenvalue weighted by molar-refractivity contribution is 7.10. The van der Waals surface area contributed by atoms with Crippen molar-refractivity contribution in [3.63, 3.8) is 0 Å². The van der Waals surface area contributed by atoms with Gasteiger partial charge >= 0.3 is 0 Å². The molecular formula is C13H21NOS. The molecule has 1 saturated carbocycles. The maximum atomic E-state index is 5.51. The van der Waals surface area contributed by atoms with Gasteiger partial charge in [-0.25, -0.2) is 0 Å². The van der Waals surface area contributed by atoms with E-state index in [1.807, 2.05) is 18.4 Å². The summed E-state index contributed by atoms with van der Waals surface area (Å²) >= 11 is 1.85. The maximum Gasteiger partial charge on any atom is 0.0724 e. The lowest BCUT2D eigenvalue weighted by atomic mass is 10.1. The van der Waals surface area contributed by atoms with E-state index in [-0.39, 0.29) is 0 Å².